The summed E-state index contributed by atoms with van der Waals surface area (Å²) in [6, 6.07) is 7.57. The highest BCUT2D eigenvalue weighted by Gasteiger charge is 2.45. The van der Waals surface area contributed by atoms with Crippen LogP contribution in [0.15, 0.2) is 40.8 Å². The Morgan fingerprint density at radius 1 is 0.900 bits per heavy atom. The minimum Gasteiger partial charge on any atom is -0.507 e. The molecule has 1 aromatic heterocycles. The van der Waals surface area contributed by atoms with E-state index in [9.17, 15) is 35.7 Å². The van der Waals surface area contributed by atoms with Gasteiger partial charge in [-0.1, -0.05) is 0 Å². The fourth-order valence-electron chi connectivity index (χ4n) is 3.23. The number of phenolic OH excluding ortho intramolecular Hbond substituents is 4. The molecule has 4 unspecified atom stereocenters. The molecule has 10 heteroatoms. The van der Waals surface area contributed by atoms with Crippen molar-refractivity contribution in [3.05, 3.63) is 36.4 Å². The molecule has 0 radical (unpaired) electrons. The van der Waals surface area contributed by atoms with E-state index in [4.69, 9.17) is 13.9 Å². The van der Waals surface area contributed by atoms with Gasteiger partial charge < -0.3 is 45.2 Å². The standard InChI is InChI=1S/C20H18O10/c21-7-16-17(26)18(27)20(30-16)29-15-6-10-12(24)4-9(22)5-14(10)28-19(15)8-1-2-11(23)13(25)3-8/h1-6,16-18,20-21,26-27H,7H2,(H3-,22,23,24,25)/p+1. The number of benzene rings is 2. The SMILES string of the molecule is OCC1OC(Oc2cc3c(O)cc(O)cc3[o+]c2-c2ccc(O)c(O)c2)C(O)C1O. The van der Waals surface area contributed by atoms with Gasteiger partial charge in [-0.3, -0.25) is 0 Å². The summed E-state index contributed by atoms with van der Waals surface area (Å²) in [5.74, 6) is -1.37. The van der Waals surface area contributed by atoms with E-state index in [1.807, 2.05) is 0 Å². The molecule has 3 aromatic rings. The summed E-state index contributed by atoms with van der Waals surface area (Å²) >= 11 is 0. The van der Waals surface area contributed by atoms with E-state index >= 15 is 0 Å². The lowest BCUT2D eigenvalue weighted by Gasteiger charge is -2.16. The van der Waals surface area contributed by atoms with Crippen molar-refractivity contribution < 1.29 is 49.6 Å². The second-order valence-electron chi connectivity index (χ2n) is 6.84. The quantitative estimate of drug-likeness (QED) is 0.239. The molecule has 0 amide bonds. The molecule has 0 bridgehead atoms. The Bertz CT molecular complexity index is 1100. The second-order valence-corrected chi connectivity index (χ2v) is 6.84. The number of aromatic hydroxyl groups is 4. The first kappa shape index (κ1) is 20.0. The fraction of sp³-hybridized carbons (Fsp3) is 0.250. The lowest BCUT2D eigenvalue weighted by molar-refractivity contribution is -0.116. The molecule has 0 spiro atoms. The highest BCUT2D eigenvalue weighted by atomic mass is 16.7. The van der Waals surface area contributed by atoms with E-state index in [0.29, 0.717) is 0 Å². The van der Waals surface area contributed by atoms with Crippen LogP contribution in [-0.4, -0.2) is 67.0 Å². The maximum atomic E-state index is 10.2. The summed E-state index contributed by atoms with van der Waals surface area (Å²) in [7, 11) is 0. The number of hydrogen-bond donors (Lipinski definition) is 7. The average Bonchev–Trinajstić information content (AvgIpc) is 2.98. The molecule has 4 atom stereocenters. The van der Waals surface area contributed by atoms with Gasteiger partial charge in [-0.2, -0.15) is 0 Å². The number of hydrogen-bond acceptors (Lipinski definition) is 9. The van der Waals surface area contributed by atoms with Crippen molar-refractivity contribution >= 4 is 11.0 Å². The Morgan fingerprint density at radius 3 is 2.33 bits per heavy atom. The predicted molar refractivity (Wildman–Crippen MR) is 101 cm³/mol. The van der Waals surface area contributed by atoms with Crippen LogP contribution >= 0.6 is 0 Å². The Hall–Kier alpha value is -3.31. The largest absolute Gasteiger partial charge is 0.507 e. The molecular weight excluding hydrogens is 400 g/mol. The zero-order valence-electron chi connectivity index (χ0n) is 15.3. The Balaban J connectivity index is 1.85. The summed E-state index contributed by atoms with van der Waals surface area (Å²) in [6.45, 7) is -0.543. The molecule has 4 rings (SSSR count). The molecule has 2 aromatic carbocycles. The van der Waals surface area contributed by atoms with Crippen LogP contribution in [0.4, 0.5) is 0 Å². The van der Waals surface area contributed by atoms with Gasteiger partial charge in [0.15, 0.2) is 11.5 Å². The number of aliphatic hydroxyl groups excluding tert-OH is 3. The maximum Gasteiger partial charge on any atom is 0.402 e. The van der Waals surface area contributed by atoms with Crippen LogP contribution in [0.25, 0.3) is 22.3 Å². The minimum atomic E-state index is -1.48. The van der Waals surface area contributed by atoms with Crippen molar-refractivity contribution in [2.45, 2.75) is 24.6 Å². The van der Waals surface area contributed by atoms with Crippen LogP contribution in [0.3, 0.4) is 0 Å². The Morgan fingerprint density at radius 2 is 1.67 bits per heavy atom. The van der Waals surface area contributed by atoms with Gasteiger partial charge in [-0.15, -0.1) is 0 Å². The van der Waals surface area contributed by atoms with E-state index < -0.39 is 37.0 Å². The minimum absolute atomic E-state index is 0.0144. The van der Waals surface area contributed by atoms with Crippen LogP contribution in [0.2, 0.25) is 0 Å². The van der Waals surface area contributed by atoms with Crippen molar-refractivity contribution in [1.82, 2.24) is 0 Å². The van der Waals surface area contributed by atoms with Gasteiger partial charge in [-0.25, -0.2) is 4.42 Å². The molecule has 0 saturated carbocycles. The van der Waals surface area contributed by atoms with E-state index in [1.165, 1.54) is 30.3 Å². The lowest BCUT2D eigenvalue weighted by atomic mass is 10.1. The molecule has 1 fully saturated rings. The van der Waals surface area contributed by atoms with Gasteiger partial charge in [0, 0.05) is 18.2 Å². The average molecular weight is 419 g/mol. The highest BCUT2D eigenvalue weighted by molar-refractivity contribution is 5.88. The van der Waals surface area contributed by atoms with Crippen molar-refractivity contribution in [1.29, 1.82) is 0 Å². The molecular formula is C20H19O10+. The van der Waals surface area contributed by atoms with Crippen molar-refractivity contribution in [3.8, 4) is 40.1 Å². The molecule has 158 valence electrons. The van der Waals surface area contributed by atoms with Gasteiger partial charge in [-0.05, 0) is 12.1 Å². The van der Waals surface area contributed by atoms with E-state index in [2.05, 4.69) is 0 Å². The summed E-state index contributed by atoms with van der Waals surface area (Å²) in [5, 5.41) is 68.8. The summed E-state index contributed by atoms with van der Waals surface area (Å²) in [5.41, 5.74) is 0.348. The van der Waals surface area contributed by atoms with Crippen LogP contribution in [0.5, 0.6) is 28.7 Å². The van der Waals surface area contributed by atoms with Gasteiger partial charge in [0.25, 0.3) is 0 Å². The summed E-state index contributed by atoms with van der Waals surface area (Å²) in [6.07, 6.45) is -5.29. The van der Waals surface area contributed by atoms with Crippen molar-refractivity contribution in [3.63, 3.8) is 0 Å². The third-order valence-electron chi connectivity index (χ3n) is 4.80. The first-order chi connectivity index (χ1) is 14.3. The van der Waals surface area contributed by atoms with Gasteiger partial charge in [0.05, 0.1) is 18.2 Å². The third kappa shape index (κ3) is 3.42. The number of aliphatic hydroxyl groups is 3. The van der Waals surface area contributed by atoms with E-state index in [1.54, 1.807) is 0 Å². The second kappa shape index (κ2) is 7.50. The molecule has 2 heterocycles. The molecule has 1 saturated heterocycles. The van der Waals surface area contributed by atoms with Crippen molar-refractivity contribution in [2.75, 3.05) is 6.61 Å². The van der Waals surface area contributed by atoms with Gasteiger partial charge in [0.2, 0.25) is 12.0 Å². The first-order valence-corrected chi connectivity index (χ1v) is 8.92. The Labute approximate surface area is 169 Å². The van der Waals surface area contributed by atoms with Crippen LogP contribution in [0.1, 0.15) is 0 Å². The van der Waals surface area contributed by atoms with Crippen LogP contribution in [-0.2, 0) is 4.74 Å². The van der Waals surface area contributed by atoms with Crippen molar-refractivity contribution in [2.24, 2.45) is 0 Å². The summed E-state index contributed by atoms with van der Waals surface area (Å²) < 4.78 is 16.8. The number of ether oxygens (including phenoxy) is 2. The zero-order chi connectivity index (χ0) is 21.6. The third-order valence-corrected chi connectivity index (χ3v) is 4.80. The van der Waals surface area contributed by atoms with E-state index in [0.717, 1.165) is 6.07 Å². The first-order valence-electron chi connectivity index (χ1n) is 8.92. The molecule has 1 aliphatic rings. The predicted octanol–water partition coefficient (Wildman–Crippen LogP) is 1.02. The van der Waals surface area contributed by atoms with Gasteiger partial charge in [0.1, 0.15) is 35.2 Å². The van der Waals surface area contributed by atoms with Crippen LogP contribution in [0, 0.1) is 0 Å². The number of rotatable bonds is 4. The fourth-order valence-corrected chi connectivity index (χ4v) is 3.23. The smallest absolute Gasteiger partial charge is 0.402 e. The Kier molecular flexibility index (Phi) is 5.00. The molecule has 10 nitrogen and oxygen atoms in total. The molecule has 7 N–H and O–H groups in total. The van der Waals surface area contributed by atoms with Crippen LogP contribution < -0.4 is 4.74 Å². The number of fused-ring (bicyclic) bond motifs is 1. The lowest BCUT2D eigenvalue weighted by Crippen LogP contribution is -2.35. The monoisotopic (exact) mass is 419 g/mol. The van der Waals surface area contributed by atoms with E-state index in [-0.39, 0.29) is 45.3 Å². The molecule has 30 heavy (non-hydrogen) atoms. The maximum absolute atomic E-state index is 10.2. The summed E-state index contributed by atoms with van der Waals surface area (Å²) in [4.78, 5) is 0. The molecule has 1 aliphatic heterocycles. The highest BCUT2D eigenvalue weighted by Crippen LogP contribution is 2.42. The topological polar surface area (TPSA) is 171 Å². The number of phenols is 4. The normalized spacial score (nSPS) is 23.7. The zero-order valence-corrected chi connectivity index (χ0v) is 15.3. The molecule has 0 aliphatic carbocycles. The van der Waals surface area contributed by atoms with Gasteiger partial charge >= 0.3 is 11.3 Å².